The van der Waals surface area contributed by atoms with Crippen molar-refractivity contribution in [3.05, 3.63) is 29.3 Å². The van der Waals surface area contributed by atoms with Gasteiger partial charge in [0, 0.05) is 24.9 Å². The SMILES string of the molecule is CC(C)(NC(=O)c1cnc2ccsc2c1)C1CCOCC1. The van der Waals surface area contributed by atoms with Gasteiger partial charge in [-0.25, -0.2) is 0 Å². The van der Waals surface area contributed by atoms with Gasteiger partial charge in [0.15, 0.2) is 0 Å². The summed E-state index contributed by atoms with van der Waals surface area (Å²) in [6.07, 6.45) is 3.65. The van der Waals surface area contributed by atoms with Gasteiger partial charge in [0.1, 0.15) is 0 Å². The second kappa shape index (κ2) is 5.73. The Labute approximate surface area is 128 Å². The van der Waals surface area contributed by atoms with E-state index in [4.69, 9.17) is 4.74 Å². The smallest absolute Gasteiger partial charge is 0.253 e. The molecule has 0 spiro atoms. The second-order valence-electron chi connectivity index (χ2n) is 6.09. The van der Waals surface area contributed by atoms with Gasteiger partial charge in [-0.1, -0.05) is 0 Å². The minimum Gasteiger partial charge on any atom is -0.381 e. The van der Waals surface area contributed by atoms with E-state index in [0.717, 1.165) is 36.3 Å². The van der Waals surface area contributed by atoms with Gasteiger partial charge in [-0.05, 0) is 50.1 Å². The molecule has 0 bridgehead atoms. The van der Waals surface area contributed by atoms with Crippen molar-refractivity contribution in [3.63, 3.8) is 0 Å². The van der Waals surface area contributed by atoms with Crippen molar-refractivity contribution in [1.82, 2.24) is 10.3 Å². The number of amides is 1. The number of thiophene rings is 1. The zero-order valence-corrected chi connectivity index (χ0v) is 13.2. The summed E-state index contributed by atoms with van der Waals surface area (Å²) in [6.45, 7) is 5.76. The Bertz CT molecular complexity index is 645. The molecule has 3 rings (SSSR count). The van der Waals surface area contributed by atoms with E-state index < -0.39 is 0 Å². The van der Waals surface area contributed by atoms with Gasteiger partial charge >= 0.3 is 0 Å². The lowest BCUT2D eigenvalue weighted by Gasteiger charge is -2.37. The third-order valence-electron chi connectivity index (χ3n) is 4.24. The number of nitrogens with zero attached hydrogens (tertiary/aromatic N) is 1. The average molecular weight is 304 g/mol. The summed E-state index contributed by atoms with van der Waals surface area (Å²) in [4.78, 5) is 16.8. The van der Waals surface area contributed by atoms with E-state index in [9.17, 15) is 4.79 Å². The van der Waals surface area contributed by atoms with Crippen LogP contribution in [0.1, 0.15) is 37.0 Å². The van der Waals surface area contributed by atoms with Crippen molar-refractivity contribution < 1.29 is 9.53 Å². The number of hydrogen-bond donors (Lipinski definition) is 1. The highest BCUT2D eigenvalue weighted by Gasteiger charge is 2.32. The molecule has 0 aliphatic carbocycles. The van der Waals surface area contributed by atoms with Crippen molar-refractivity contribution in [1.29, 1.82) is 0 Å². The molecule has 3 heterocycles. The van der Waals surface area contributed by atoms with Crippen LogP contribution in [-0.4, -0.2) is 29.6 Å². The second-order valence-corrected chi connectivity index (χ2v) is 7.04. The van der Waals surface area contributed by atoms with Gasteiger partial charge in [-0.15, -0.1) is 11.3 Å². The van der Waals surface area contributed by atoms with Crippen LogP contribution in [0, 0.1) is 5.92 Å². The summed E-state index contributed by atoms with van der Waals surface area (Å²) in [6, 6.07) is 3.88. The van der Waals surface area contributed by atoms with Gasteiger partial charge < -0.3 is 10.1 Å². The number of nitrogens with one attached hydrogen (secondary N) is 1. The predicted molar refractivity (Wildman–Crippen MR) is 84.7 cm³/mol. The number of rotatable bonds is 3. The van der Waals surface area contributed by atoms with Crippen LogP contribution in [-0.2, 0) is 4.74 Å². The molecule has 0 unspecified atom stereocenters. The molecule has 1 N–H and O–H groups in total. The summed E-state index contributed by atoms with van der Waals surface area (Å²) in [5, 5.41) is 5.16. The maximum atomic E-state index is 12.5. The van der Waals surface area contributed by atoms with Crippen molar-refractivity contribution in [3.8, 4) is 0 Å². The monoisotopic (exact) mass is 304 g/mol. The summed E-state index contributed by atoms with van der Waals surface area (Å²) < 4.78 is 6.45. The largest absolute Gasteiger partial charge is 0.381 e. The van der Waals surface area contributed by atoms with Crippen LogP contribution >= 0.6 is 11.3 Å². The maximum Gasteiger partial charge on any atom is 0.253 e. The fraction of sp³-hybridized carbons (Fsp3) is 0.500. The highest BCUT2D eigenvalue weighted by atomic mass is 32.1. The molecule has 21 heavy (non-hydrogen) atoms. The number of aromatic nitrogens is 1. The van der Waals surface area contributed by atoms with Crippen LogP contribution in [0.5, 0.6) is 0 Å². The van der Waals surface area contributed by atoms with Crippen molar-refractivity contribution >= 4 is 27.5 Å². The van der Waals surface area contributed by atoms with Gasteiger partial charge in [-0.3, -0.25) is 9.78 Å². The first kappa shape index (κ1) is 14.5. The fourth-order valence-corrected chi connectivity index (χ4v) is 3.64. The summed E-state index contributed by atoms with van der Waals surface area (Å²) in [5.74, 6) is 0.405. The van der Waals surface area contributed by atoms with E-state index in [1.807, 2.05) is 17.5 Å². The zero-order valence-electron chi connectivity index (χ0n) is 12.4. The molecule has 2 aromatic heterocycles. The number of hydrogen-bond acceptors (Lipinski definition) is 4. The summed E-state index contributed by atoms with van der Waals surface area (Å²) in [5.41, 5.74) is 1.34. The van der Waals surface area contributed by atoms with Crippen LogP contribution in [0.2, 0.25) is 0 Å². The molecule has 112 valence electrons. The van der Waals surface area contributed by atoms with E-state index in [1.165, 1.54) is 0 Å². The van der Waals surface area contributed by atoms with Crippen LogP contribution in [0.25, 0.3) is 10.2 Å². The standard InChI is InChI=1S/C16H20N2O2S/c1-16(2,12-3-6-20-7-4-12)18-15(19)11-9-14-13(17-10-11)5-8-21-14/h5,8-10,12H,3-4,6-7H2,1-2H3,(H,18,19). The number of pyridine rings is 1. The quantitative estimate of drug-likeness (QED) is 0.947. The first-order valence-corrected chi connectivity index (χ1v) is 8.18. The van der Waals surface area contributed by atoms with Gasteiger partial charge in [0.2, 0.25) is 0 Å². The molecule has 1 amide bonds. The molecule has 1 saturated heterocycles. The van der Waals surface area contributed by atoms with E-state index in [2.05, 4.69) is 24.1 Å². The molecule has 1 aliphatic rings. The summed E-state index contributed by atoms with van der Waals surface area (Å²) >= 11 is 1.61. The molecule has 0 aromatic carbocycles. The van der Waals surface area contributed by atoms with Gasteiger partial charge in [0.05, 0.1) is 15.8 Å². The number of carbonyl (C=O) groups is 1. The van der Waals surface area contributed by atoms with Crippen molar-refractivity contribution in [2.24, 2.45) is 5.92 Å². The lowest BCUT2D eigenvalue weighted by atomic mass is 9.81. The zero-order chi connectivity index (χ0) is 14.9. The highest BCUT2D eigenvalue weighted by Crippen LogP contribution is 2.27. The minimum atomic E-state index is -0.231. The number of ether oxygens (including phenoxy) is 1. The average Bonchev–Trinajstić information content (AvgIpc) is 2.95. The molecular formula is C16H20N2O2S. The summed E-state index contributed by atoms with van der Waals surface area (Å²) in [7, 11) is 0. The molecular weight excluding hydrogens is 284 g/mol. The van der Waals surface area contributed by atoms with Crippen LogP contribution in [0.15, 0.2) is 23.7 Å². The van der Waals surface area contributed by atoms with Crippen molar-refractivity contribution in [2.45, 2.75) is 32.2 Å². The highest BCUT2D eigenvalue weighted by molar-refractivity contribution is 7.17. The Morgan fingerprint density at radius 2 is 2.19 bits per heavy atom. The van der Waals surface area contributed by atoms with E-state index in [1.54, 1.807) is 17.5 Å². The Kier molecular flexibility index (Phi) is 3.95. The topological polar surface area (TPSA) is 51.2 Å². The number of carbonyl (C=O) groups excluding carboxylic acids is 1. The molecule has 0 radical (unpaired) electrons. The number of fused-ring (bicyclic) bond motifs is 1. The Morgan fingerprint density at radius 1 is 1.43 bits per heavy atom. The third kappa shape index (κ3) is 3.09. The van der Waals surface area contributed by atoms with Crippen LogP contribution < -0.4 is 5.32 Å². The third-order valence-corrected chi connectivity index (χ3v) is 5.10. The fourth-order valence-electron chi connectivity index (χ4n) is 2.86. The van der Waals surface area contributed by atoms with Gasteiger partial charge in [-0.2, -0.15) is 0 Å². The Hall–Kier alpha value is -1.46. The van der Waals surface area contributed by atoms with E-state index in [-0.39, 0.29) is 11.4 Å². The first-order chi connectivity index (χ1) is 10.1. The van der Waals surface area contributed by atoms with Gasteiger partial charge in [0.25, 0.3) is 5.91 Å². The molecule has 1 fully saturated rings. The first-order valence-electron chi connectivity index (χ1n) is 7.30. The molecule has 1 aliphatic heterocycles. The lowest BCUT2D eigenvalue weighted by molar-refractivity contribution is 0.0355. The predicted octanol–water partition coefficient (Wildman–Crippen LogP) is 3.23. The van der Waals surface area contributed by atoms with Crippen LogP contribution in [0.3, 0.4) is 0 Å². The van der Waals surface area contributed by atoms with Crippen LogP contribution in [0.4, 0.5) is 0 Å². The van der Waals surface area contributed by atoms with E-state index >= 15 is 0 Å². The minimum absolute atomic E-state index is 0.0470. The maximum absolute atomic E-state index is 12.5. The normalized spacial score (nSPS) is 17.0. The van der Waals surface area contributed by atoms with E-state index in [0.29, 0.717) is 11.5 Å². The lowest BCUT2D eigenvalue weighted by Crippen LogP contribution is -2.50. The Balaban J connectivity index is 1.74. The van der Waals surface area contributed by atoms with Crippen molar-refractivity contribution in [2.75, 3.05) is 13.2 Å². The molecule has 5 heteroatoms. The Morgan fingerprint density at radius 3 is 2.95 bits per heavy atom. The molecule has 4 nitrogen and oxygen atoms in total. The molecule has 2 aromatic rings. The molecule has 0 atom stereocenters. The molecule has 0 saturated carbocycles.